The van der Waals surface area contributed by atoms with Gasteiger partial charge in [0.2, 0.25) is 0 Å². The summed E-state index contributed by atoms with van der Waals surface area (Å²) in [6.45, 7) is 4.09. The van der Waals surface area contributed by atoms with Crippen LogP contribution in [0.15, 0.2) is 24.3 Å². The van der Waals surface area contributed by atoms with E-state index in [1.807, 2.05) is 13.0 Å². The van der Waals surface area contributed by atoms with Gasteiger partial charge >= 0.3 is 5.97 Å². The Morgan fingerprint density at radius 2 is 2.10 bits per heavy atom. The summed E-state index contributed by atoms with van der Waals surface area (Å²) in [4.78, 5) is 22.9. The van der Waals surface area contributed by atoms with Crippen molar-refractivity contribution < 1.29 is 14.7 Å². The fourth-order valence-corrected chi connectivity index (χ4v) is 2.73. The Labute approximate surface area is 124 Å². The van der Waals surface area contributed by atoms with Crippen LogP contribution in [-0.4, -0.2) is 23.0 Å². The quantitative estimate of drug-likeness (QED) is 0.837. The monoisotopic (exact) mass is 287 g/mol. The molecule has 112 valence electrons. The molecule has 1 aliphatic carbocycles. The Morgan fingerprint density at radius 3 is 2.71 bits per heavy atom. The highest BCUT2D eigenvalue weighted by Crippen LogP contribution is 2.25. The van der Waals surface area contributed by atoms with Crippen molar-refractivity contribution in [3.8, 4) is 0 Å². The maximum absolute atomic E-state index is 12.3. The lowest BCUT2D eigenvalue weighted by Gasteiger charge is -2.13. The van der Waals surface area contributed by atoms with Crippen LogP contribution in [0.5, 0.6) is 0 Å². The van der Waals surface area contributed by atoms with Gasteiger partial charge in [0.05, 0.1) is 0 Å². The van der Waals surface area contributed by atoms with Crippen molar-refractivity contribution in [1.82, 2.24) is 5.32 Å². The fraction of sp³-hybridized carbons (Fsp3) is 0.412. The topological polar surface area (TPSA) is 66.4 Å². The standard InChI is InChI=1S/C17H21NO3/c1-11-3-7-15(9-11)18-17(21)14-5-4-12(2)13(10-14)6-8-16(19)20/h4-6,8,10-11,15H,3,7,9H2,1-2H3,(H,18,21)(H,19,20)/b8-6+. The molecule has 0 heterocycles. The molecule has 2 N–H and O–H groups in total. The first kappa shape index (κ1) is 15.3. The molecule has 1 saturated carbocycles. The van der Waals surface area contributed by atoms with Gasteiger partial charge in [-0.15, -0.1) is 0 Å². The molecule has 0 radical (unpaired) electrons. The van der Waals surface area contributed by atoms with Crippen LogP contribution in [0.3, 0.4) is 0 Å². The zero-order valence-corrected chi connectivity index (χ0v) is 12.4. The van der Waals surface area contributed by atoms with E-state index in [0.29, 0.717) is 11.5 Å². The highest BCUT2D eigenvalue weighted by atomic mass is 16.4. The normalized spacial score (nSPS) is 21.6. The number of carbonyl (C=O) groups excluding carboxylic acids is 1. The lowest BCUT2D eigenvalue weighted by Crippen LogP contribution is -2.32. The van der Waals surface area contributed by atoms with Crippen LogP contribution in [0.4, 0.5) is 0 Å². The third kappa shape index (κ3) is 4.18. The molecule has 0 saturated heterocycles. The minimum atomic E-state index is -0.996. The summed E-state index contributed by atoms with van der Waals surface area (Å²) in [6, 6.07) is 5.61. The summed E-state index contributed by atoms with van der Waals surface area (Å²) in [6.07, 6.45) is 5.83. The lowest BCUT2D eigenvalue weighted by molar-refractivity contribution is -0.131. The number of aryl methyl sites for hydroxylation is 1. The number of amides is 1. The second-order valence-electron chi connectivity index (χ2n) is 5.83. The Balaban J connectivity index is 2.10. The van der Waals surface area contributed by atoms with Crippen LogP contribution in [-0.2, 0) is 4.79 Å². The van der Waals surface area contributed by atoms with Crippen molar-refractivity contribution in [2.75, 3.05) is 0 Å². The Bertz CT molecular complexity index is 577. The van der Waals surface area contributed by atoms with Crippen LogP contribution in [0.2, 0.25) is 0 Å². The number of hydrogen-bond acceptors (Lipinski definition) is 2. The van der Waals surface area contributed by atoms with E-state index in [9.17, 15) is 9.59 Å². The van der Waals surface area contributed by atoms with Crippen molar-refractivity contribution >= 4 is 18.0 Å². The van der Waals surface area contributed by atoms with E-state index < -0.39 is 5.97 Å². The molecule has 2 unspecified atom stereocenters. The van der Waals surface area contributed by atoms with Crippen LogP contribution >= 0.6 is 0 Å². The summed E-state index contributed by atoms with van der Waals surface area (Å²) < 4.78 is 0. The van der Waals surface area contributed by atoms with E-state index in [0.717, 1.165) is 36.5 Å². The number of hydrogen-bond donors (Lipinski definition) is 2. The van der Waals surface area contributed by atoms with E-state index in [-0.39, 0.29) is 11.9 Å². The van der Waals surface area contributed by atoms with Crippen LogP contribution in [0.1, 0.15) is 47.7 Å². The van der Waals surface area contributed by atoms with Crippen molar-refractivity contribution in [2.45, 2.75) is 39.2 Å². The van der Waals surface area contributed by atoms with Gasteiger partial charge in [-0.2, -0.15) is 0 Å². The number of carbonyl (C=O) groups is 2. The summed E-state index contributed by atoms with van der Waals surface area (Å²) in [7, 11) is 0. The molecular weight excluding hydrogens is 266 g/mol. The summed E-state index contributed by atoms with van der Waals surface area (Å²) in [5.74, 6) is -0.411. The number of rotatable bonds is 4. The Hall–Kier alpha value is -2.10. The highest BCUT2D eigenvalue weighted by molar-refractivity contribution is 5.95. The third-order valence-electron chi connectivity index (χ3n) is 3.98. The first-order valence-corrected chi connectivity index (χ1v) is 7.28. The molecule has 2 rings (SSSR count). The molecule has 0 spiro atoms. The number of nitrogens with one attached hydrogen (secondary N) is 1. The molecule has 2 atom stereocenters. The second-order valence-corrected chi connectivity index (χ2v) is 5.83. The Kier molecular flexibility index (Phi) is 4.78. The molecule has 1 fully saturated rings. The predicted molar refractivity (Wildman–Crippen MR) is 82.1 cm³/mol. The van der Waals surface area contributed by atoms with Crippen molar-refractivity contribution in [1.29, 1.82) is 0 Å². The predicted octanol–water partition coefficient (Wildman–Crippen LogP) is 3.01. The zero-order valence-electron chi connectivity index (χ0n) is 12.4. The average molecular weight is 287 g/mol. The molecule has 4 heteroatoms. The van der Waals surface area contributed by atoms with E-state index >= 15 is 0 Å². The van der Waals surface area contributed by atoms with Crippen molar-refractivity contribution in [3.63, 3.8) is 0 Å². The molecule has 0 aliphatic heterocycles. The van der Waals surface area contributed by atoms with E-state index in [1.165, 1.54) is 6.08 Å². The van der Waals surface area contributed by atoms with Gasteiger partial charge in [-0.3, -0.25) is 4.79 Å². The molecule has 1 aliphatic rings. The lowest BCUT2D eigenvalue weighted by atomic mass is 10.0. The van der Waals surface area contributed by atoms with Gasteiger partial charge in [-0.25, -0.2) is 4.79 Å². The van der Waals surface area contributed by atoms with Crippen LogP contribution in [0, 0.1) is 12.8 Å². The molecule has 0 aromatic heterocycles. The van der Waals surface area contributed by atoms with Crippen LogP contribution in [0.25, 0.3) is 6.08 Å². The molecule has 1 aromatic rings. The molecule has 0 bridgehead atoms. The smallest absolute Gasteiger partial charge is 0.328 e. The molecule has 1 amide bonds. The number of aliphatic carboxylic acids is 1. The van der Waals surface area contributed by atoms with Gasteiger partial charge < -0.3 is 10.4 Å². The number of carboxylic acids is 1. The summed E-state index contributed by atoms with van der Waals surface area (Å²) in [5.41, 5.74) is 2.27. The maximum atomic E-state index is 12.3. The number of benzene rings is 1. The average Bonchev–Trinajstić information content (AvgIpc) is 2.83. The van der Waals surface area contributed by atoms with Gasteiger partial charge in [-0.05, 0) is 61.4 Å². The summed E-state index contributed by atoms with van der Waals surface area (Å²) >= 11 is 0. The third-order valence-corrected chi connectivity index (χ3v) is 3.98. The molecule has 21 heavy (non-hydrogen) atoms. The van der Waals surface area contributed by atoms with E-state index in [1.54, 1.807) is 12.1 Å². The first-order chi connectivity index (χ1) is 9.95. The van der Waals surface area contributed by atoms with E-state index in [4.69, 9.17) is 5.11 Å². The zero-order chi connectivity index (χ0) is 15.4. The van der Waals surface area contributed by atoms with Gasteiger partial charge in [0, 0.05) is 17.7 Å². The minimum absolute atomic E-state index is 0.0842. The summed E-state index contributed by atoms with van der Waals surface area (Å²) in [5, 5.41) is 11.8. The highest BCUT2D eigenvalue weighted by Gasteiger charge is 2.23. The van der Waals surface area contributed by atoms with Crippen molar-refractivity contribution in [3.05, 3.63) is 41.0 Å². The largest absolute Gasteiger partial charge is 0.478 e. The molecular formula is C17H21NO3. The minimum Gasteiger partial charge on any atom is -0.478 e. The first-order valence-electron chi connectivity index (χ1n) is 7.28. The van der Waals surface area contributed by atoms with Gasteiger partial charge in [0.1, 0.15) is 0 Å². The van der Waals surface area contributed by atoms with E-state index in [2.05, 4.69) is 12.2 Å². The van der Waals surface area contributed by atoms with Gasteiger partial charge in [-0.1, -0.05) is 13.0 Å². The maximum Gasteiger partial charge on any atom is 0.328 e. The van der Waals surface area contributed by atoms with Crippen molar-refractivity contribution in [2.24, 2.45) is 5.92 Å². The number of carboxylic acid groups (broad SMARTS) is 1. The van der Waals surface area contributed by atoms with Gasteiger partial charge in [0.25, 0.3) is 5.91 Å². The molecule has 1 aromatic carbocycles. The fourth-order valence-electron chi connectivity index (χ4n) is 2.73. The second kappa shape index (κ2) is 6.57. The molecule has 4 nitrogen and oxygen atoms in total. The van der Waals surface area contributed by atoms with Gasteiger partial charge in [0.15, 0.2) is 0 Å². The SMILES string of the molecule is Cc1ccc(C(=O)NC2CCC(C)C2)cc1/C=C/C(=O)O. The van der Waals surface area contributed by atoms with Crippen LogP contribution < -0.4 is 5.32 Å². The Morgan fingerprint density at radius 1 is 1.33 bits per heavy atom.